The van der Waals surface area contributed by atoms with Crippen molar-refractivity contribution in [3.05, 3.63) is 70.4 Å². The van der Waals surface area contributed by atoms with Crippen LogP contribution < -0.4 is 4.74 Å². The second kappa shape index (κ2) is 6.96. The van der Waals surface area contributed by atoms with E-state index < -0.39 is 0 Å². The first-order valence-corrected chi connectivity index (χ1v) is 9.10. The van der Waals surface area contributed by atoms with Gasteiger partial charge in [0.1, 0.15) is 5.75 Å². The second-order valence-corrected chi connectivity index (χ2v) is 6.87. The van der Waals surface area contributed by atoms with Crippen LogP contribution in [0, 0.1) is 0 Å². The smallest absolute Gasteiger partial charge is 0.278 e. The predicted octanol–water partition coefficient (Wildman–Crippen LogP) is 4.78. The van der Waals surface area contributed by atoms with Crippen LogP contribution in [0.15, 0.2) is 48.5 Å². The lowest BCUT2D eigenvalue weighted by Gasteiger charge is -2.12. The molecule has 0 atom stereocenters. The Balaban J connectivity index is 1.84. The minimum Gasteiger partial charge on any atom is -0.497 e. The molecule has 0 bridgehead atoms. The molecule has 0 N–H and O–H groups in total. The van der Waals surface area contributed by atoms with E-state index in [2.05, 4.69) is 5.10 Å². The van der Waals surface area contributed by atoms with Gasteiger partial charge in [0.25, 0.3) is 5.91 Å². The molecule has 4 rings (SSSR count). The fraction of sp³-hybridized carbons (Fsp3) is 0.238. The number of carbonyl (C=O) groups is 1. The molecule has 5 heteroatoms. The van der Waals surface area contributed by atoms with E-state index in [-0.39, 0.29) is 5.91 Å². The Labute approximate surface area is 157 Å². The van der Waals surface area contributed by atoms with Crippen LogP contribution in [-0.4, -0.2) is 22.8 Å². The number of carbonyl (C=O) groups excluding carboxylic acids is 1. The Morgan fingerprint density at radius 3 is 2.42 bits per heavy atom. The van der Waals surface area contributed by atoms with Crippen LogP contribution in [0.3, 0.4) is 0 Å². The third kappa shape index (κ3) is 3.01. The molecule has 1 heterocycles. The van der Waals surface area contributed by atoms with Crippen molar-refractivity contribution >= 4 is 17.5 Å². The number of nitrogens with zero attached hydrogens (tertiary/aromatic N) is 2. The normalized spacial score (nSPS) is 13.3. The lowest BCUT2D eigenvalue weighted by atomic mass is 9.93. The average Bonchev–Trinajstić information content (AvgIpc) is 3.07. The lowest BCUT2D eigenvalue weighted by Crippen LogP contribution is -2.15. The summed E-state index contributed by atoms with van der Waals surface area (Å²) in [4.78, 5) is 13.1. The molecular formula is C21H19ClN2O2. The Kier molecular flexibility index (Phi) is 4.51. The van der Waals surface area contributed by atoms with Crippen molar-refractivity contribution in [3.8, 4) is 17.0 Å². The number of hydrogen-bond acceptors (Lipinski definition) is 3. The van der Waals surface area contributed by atoms with Gasteiger partial charge in [-0.05, 0) is 74.2 Å². The predicted molar refractivity (Wildman–Crippen MR) is 102 cm³/mol. The summed E-state index contributed by atoms with van der Waals surface area (Å²) in [5.41, 5.74) is 4.66. The molecule has 0 amide bonds. The quantitative estimate of drug-likeness (QED) is 0.670. The van der Waals surface area contributed by atoms with Gasteiger partial charge in [0.2, 0.25) is 0 Å². The summed E-state index contributed by atoms with van der Waals surface area (Å²) in [5, 5.41) is 5.28. The zero-order chi connectivity index (χ0) is 18.1. The van der Waals surface area contributed by atoms with E-state index in [1.807, 2.05) is 24.3 Å². The molecule has 0 radical (unpaired) electrons. The van der Waals surface area contributed by atoms with Gasteiger partial charge in [0.15, 0.2) is 0 Å². The third-order valence-electron chi connectivity index (χ3n) is 4.80. The van der Waals surface area contributed by atoms with E-state index in [4.69, 9.17) is 16.3 Å². The number of aryl methyl sites for hydroxylation is 1. The van der Waals surface area contributed by atoms with E-state index in [0.717, 1.165) is 48.4 Å². The zero-order valence-corrected chi connectivity index (χ0v) is 15.3. The fourth-order valence-corrected chi connectivity index (χ4v) is 3.59. The maximum Gasteiger partial charge on any atom is 0.278 e. The van der Waals surface area contributed by atoms with Crippen LogP contribution in [0.25, 0.3) is 11.3 Å². The SMILES string of the molecule is COc1ccc(-c2c3c(nn2C(=O)c2ccc(Cl)cc2)CCCC3)cc1. The molecule has 2 aromatic carbocycles. The molecule has 0 unspecified atom stereocenters. The Bertz CT molecular complexity index is 943. The molecule has 0 spiro atoms. The number of benzene rings is 2. The van der Waals surface area contributed by atoms with E-state index in [0.29, 0.717) is 10.6 Å². The van der Waals surface area contributed by atoms with Gasteiger partial charge in [-0.2, -0.15) is 9.78 Å². The molecule has 1 aromatic heterocycles. The summed E-state index contributed by atoms with van der Waals surface area (Å²) in [7, 11) is 1.64. The summed E-state index contributed by atoms with van der Waals surface area (Å²) in [6.07, 6.45) is 4.10. The number of ether oxygens (including phenoxy) is 1. The summed E-state index contributed by atoms with van der Waals surface area (Å²) in [5.74, 6) is 0.652. The third-order valence-corrected chi connectivity index (χ3v) is 5.06. The topological polar surface area (TPSA) is 44.1 Å². The monoisotopic (exact) mass is 366 g/mol. The maximum atomic E-state index is 13.1. The molecular weight excluding hydrogens is 348 g/mol. The Morgan fingerprint density at radius 2 is 1.73 bits per heavy atom. The second-order valence-electron chi connectivity index (χ2n) is 6.43. The molecule has 1 aliphatic rings. The highest BCUT2D eigenvalue weighted by molar-refractivity contribution is 6.30. The van der Waals surface area contributed by atoms with Crippen LogP contribution in [0.2, 0.25) is 5.02 Å². The highest BCUT2D eigenvalue weighted by atomic mass is 35.5. The minimum absolute atomic E-state index is 0.137. The van der Waals surface area contributed by atoms with Gasteiger partial charge >= 0.3 is 0 Å². The minimum atomic E-state index is -0.137. The number of rotatable bonds is 3. The Hall–Kier alpha value is -2.59. The summed E-state index contributed by atoms with van der Waals surface area (Å²) in [6.45, 7) is 0. The van der Waals surface area contributed by atoms with Crippen LogP contribution in [0.5, 0.6) is 5.75 Å². The zero-order valence-electron chi connectivity index (χ0n) is 14.5. The van der Waals surface area contributed by atoms with Crippen LogP contribution >= 0.6 is 11.6 Å². The molecule has 4 nitrogen and oxygen atoms in total. The molecule has 0 fully saturated rings. The van der Waals surface area contributed by atoms with Crippen molar-refractivity contribution in [3.63, 3.8) is 0 Å². The summed E-state index contributed by atoms with van der Waals surface area (Å²) >= 11 is 5.96. The van der Waals surface area contributed by atoms with E-state index in [1.165, 1.54) is 5.56 Å². The molecule has 3 aromatic rings. The fourth-order valence-electron chi connectivity index (χ4n) is 3.46. The summed E-state index contributed by atoms with van der Waals surface area (Å²) < 4.78 is 6.81. The van der Waals surface area contributed by atoms with Crippen molar-refractivity contribution in [1.82, 2.24) is 9.78 Å². The van der Waals surface area contributed by atoms with Crippen LogP contribution in [0.1, 0.15) is 34.5 Å². The molecule has 0 aliphatic heterocycles. The van der Waals surface area contributed by atoms with Gasteiger partial charge in [0, 0.05) is 21.7 Å². The molecule has 132 valence electrons. The number of aromatic nitrogens is 2. The van der Waals surface area contributed by atoms with Crippen LogP contribution in [0.4, 0.5) is 0 Å². The molecule has 0 saturated heterocycles. The molecule has 1 aliphatic carbocycles. The highest BCUT2D eigenvalue weighted by Gasteiger charge is 2.25. The summed E-state index contributed by atoms with van der Waals surface area (Å²) in [6, 6.07) is 14.7. The van der Waals surface area contributed by atoms with Gasteiger partial charge < -0.3 is 4.74 Å². The van der Waals surface area contributed by atoms with Gasteiger partial charge in [-0.25, -0.2) is 0 Å². The maximum absolute atomic E-state index is 13.1. The van der Waals surface area contributed by atoms with Gasteiger partial charge in [-0.15, -0.1) is 0 Å². The first-order chi connectivity index (χ1) is 12.7. The largest absolute Gasteiger partial charge is 0.497 e. The standard InChI is InChI=1S/C21H19ClN2O2/c1-26-17-12-8-14(9-13-17)20-18-4-2-3-5-19(18)23-24(20)21(25)15-6-10-16(22)11-7-15/h6-13H,2-5H2,1H3. The van der Waals surface area contributed by atoms with Crippen molar-refractivity contribution in [2.45, 2.75) is 25.7 Å². The average molecular weight is 367 g/mol. The van der Waals surface area contributed by atoms with Crippen molar-refractivity contribution in [2.24, 2.45) is 0 Å². The van der Waals surface area contributed by atoms with Gasteiger partial charge in [0.05, 0.1) is 18.5 Å². The van der Waals surface area contributed by atoms with Crippen molar-refractivity contribution < 1.29 is 9.53 Å². The van der Waals surface area contributed by atoms with E-state index >= 15 is 0 Å². The van der Waals surface area contributed by atoms with Crippen molar-refractivity contribution in [1.29, 1.82) is 0 Å². The number of fused-ring (bicyclic) bond motifs is 1. The van der Waals surface area contributed by atoms with Crippen LogP contribution in [-0.2, 0) is 12.8 Å². The van der Waals surface area contributed by atoms with Gasteiger partial charge in [-0.1, -0.05) is 11.6 Å². The lowest BCUT2D eigenvalue weighted by molar-refractivity contribution is 0.0946. The Morgan fingerprint density at radius 1 is 1.04 bits per heavy atom. The number of hydrogen-bond donors (Lipinski definition) is 0. The van der Waals surface area contributed by atoms with Gasteiger partial charge in [-0.3, -0.25) is 4.79 Å². The highest BCUT2D eigenvalue weighted by Crippen LogP contribution is 2.33. The number of methoxy groups -OCH3 is 1. The van der Waals surface area contributed by atoms with E-state index in [9.17, 15) is 4.79 Å². The number of halogens is 1. The molecule has 0 saturated carbocycles. The first kappa shape index (κ1) is 16.9. The first-order valence-electron chi connectivity index (χ1n) is 8.73. The molecule has 26 heavy (non-hydrogen) atoms. The van der Waals surface area contributed by atoms with Crippen molar-refractivity contribution in [2.75, 3.05) is 7.11 Å². The van der Waals surface area contributed by atoms with E-state index in [1.54, 1.807) is 36.1 Å².